The highest BCUT2D eigenvalue weighted by Gasteiger charge is 2.37. The molecule has 0 amide bonds. The van der Waals surface area contributed by atoms with Crippen molar-refractivity contribution in [3.63, 3.8) is 0 Å². The lowest BCUT2D eigenvalue weighted by atomic mass is 9.94. The van der Waals surface area contributed by atoms with Crippen LogP contribution in [0.15, 0.2) is 48.5 Å². The van der Waals surface area contributed by atoms with Crippen LogP contribution < -0.4 is 0 Å². The third kappa shape index (κ3) is 12.3. The summed E-state index contributed by atoms with van der Waals surface area (Å²) in [4.78, 5) is 0. The summed E-state index contributed by atoms with van der Waals surface area (Å²) in [6, 6.07) is 16.5. The smallest absolute Gasteiger partial charge is 0.500 e. The van der Waals surface area contributed by atoms with E-state index >= 15 is 0 Å². The topological polar surface area (TPSA) is 105 Å². The first kappa shape index (κ1) is 38.1. The standard InChI is InChI=1S/C30H50O9S2Si2/c1-33-42(34-2,35-3)21-13-11-15-25(27-17-7-9-19-29(27)31)23-40-39-41-24-26(28-18-8-10-20-30(28)32)16-12-14-22-43(36-4,37-5)38-6/h7-10,17-20,25-26,31-32H,11-16,21-24H2,1-6H3. The van der Waals surface area contributed by atoms with Gasteiger partial charge in [0, 0.05) is 90.3 Å². The van der Waals surface area contributed by atoms with Crippen LogP contribution in [0.3, 0.4) is 0 Å². The molecule has 0 fully saturated rings. The Hall–Kier alpha value is -1.11. The van der Waals surface area contributed by atoms with Crippen molar-refractivity contribution in [3.8, 4) is 11.5 Å². The van der Waals surface area contributed by atoms with Crippen molar-refractivity contribution >= 4 is 41.7 Å². The minimum absolute atomic E-state index is 0.122. The quantitative estimate of drug-likeness (QED) is 0.0662. The third-order valence-corrected chi connectivity index (χ3v) is 15.3. The van der Waals surface area contributed by atoms with Crippen LogP contribution >= 0.6 is 24.1 Å². The number of phenols is 2. The Morgan fingerprint density at radius 2 is 0.907 bits per heavy atom. The molecule has 0 bridgehead atoms. The lowest BCUT2D eigenvalue weighted by Crippen LogP contribution is -2.42. The molecule has 0 aromatic heterocycles. The zero-order chi connectivity index (χ0) is 31.6. The predicted octanol–water partition coefficient (Wildman–Crippen LogP) is 7.38. The minimum Gasteiger partial charge on any atom is -0.508 e. The monoisotopic (exact) mass is 674 g/mol. The van der Waals surface area contributed by atoms with Gasteiger partial charge in [0.15, 0.2) is 0 Å². The number of benzene rings is 2. The molecule has 13 heteroatoms. The first-order chi connectivity index (χ1) is 20.8. The van der Waals surface area contributed by atoms with E-state index in [1.54, 1.807) is 54.8 Å². The van der Waals surface area contributed by atoms with Gasteiger partial charge < -0.3 is 36.8 Å². The summed E-state index contributed by atoms with van der Waals surface area (Å²) < 4.78 is 39.3. The van der Waals surface area contributed by atoms with Crippen LogP contribution in [0.1, 0.15) is 61.5 Å². The molecule has 0 spiro atoms. The van der Waals surface area contributed by atoms with Crippen LogP contribution in [0, 0.1) is 0 Å². The van der Waals surface area contributed by atoms with E-state index in [-0.39, 0.29) is 11.8 Å². The Kier molecular flexibility index (Phi) is 18.4. The van der Waals surface area contributed by atoms with Gasteiger partial charge >= 0.3 is 17.6 Å². The maximum Gasteiger partial charge on any atom is 0.500 e. The van der Waals surface area contributed by atoms with Gasteiger partial charge in [-0.3, -0.25) is 0 Å². The second kappa shape index (κ2) is 20.8. The van der Waals surface area contributed by atoms with Crippen molar-refractivity contribution in [2.75, 3.05) is 54.2 Å². The van der Waals surface area contributed by atoms with Gasteiger partial charge in [-0.25, -0.2) is 3.63 Å². The molecule has 0 radical (unpaired) electrons. The molecule has 9 nitrogen and oxygen atoms in total. The third-order valence-electron chi connectivity index (χ3n) is 7.82. The van der Waals surface area contributed by atoms with Gasteiger partial charge in [0.25, 0.3) is 0 Å². The second-order valence-corrected chi connectivity index (χ2v) is 18.1. The molecule has 2 aromatic rings. The van der Waals surface area contributed by atoms with Crippen molar-refractivity contribution in [2.24, 2.45) is 0 Å². The van der Waals surface area contributed by atoms with E-state index in [4.69, 9.17) is 30.2 Å². The van der Waals surface area contributed by atoms with Gasteiger partial charge in [0.05, 0.1) is 0 Å². The summed E-state index contributed by atoms with van der Waals surface area (Å²) in [6.07, 6.45) is 5.44. The highest BCUT2D eigenvalue weighted by Crippen LogP contribution is 2.37. The number of unbranched alkanes of at least 4 members (excludes halogenated alkanes) is 2. The van der Waals surface area contributed by atoms with Gasteiger partial charge in [-0.1, -0.05) is 49.2 Å². The van der Waals surface area contributed by atoms with Crippen molar-refractivity contribution in [1.82, 2.24) is 0 Å². The molecule has 43 heavy (non-hydrogen) atoms. The van der Waals surface area contributed by atoms with Crippen molar-refractivity contribution in [2.45, 2.75) is 62.4 Å². The van der Waals surface area contributed by atoms with Gasteiger partial charge in [0.2, 0.25) is 0 Å². The van der Waals surface area contributed by atoms with Crippen molar-refractivity contribution in [3.05, 3.63) is 59.7 Å². The van der Waals surface area contributed by atoms with E-state index in [0.29, 0.717) is 23.0 Å². The van der Waals surface area contributed by atoms with Crippen LogP contribution in [0.2, 0.25) is 12.1 Å². The van der Waals surface area contributed by atoms with E-state index in [1.165, 1.54) is 24.1 Å². The largest absolute Gasteiger partial charge is 0.508 e. The first-order valence-corrected chi connectivity index (χ1v) is 20.3. The number of rotatable bonds is 24. The van der Waals surface area contributed by atoms with E-state index in [9.17, 15) is 10.2 Å². The molecule has 0 aliphatic rings. The summed E-state index contributed by atoms with van der Waals surface area (Å²) in [6.45, 7) is 0. The van der Waals surface area contributed by atoms with Crippen molar-refractivity contribution in [1.29, 1.82) is 0 Å². The van der Waals surface area contributed by atoms with E-state index < -0.39 is 17.6 Å². The van der Waals surface area contributed by atoms with E-state index in [2.05, 4.69) is 0 Å². The van der Waals surface area contributed by atoms with Crippen LogP contribution in [-0.2, 0) is 30.2 Å². The molecule has 2 rings (SSSR count). The molecule has 2 N–H and O–H groups in total. The summed E-state index contributed by atoms with van der Waals surface area (Å²) in [5, 5.41) is 21.1. The lowest BCUT2D eigenvalue weighted by molar-refractivity contribution is 0.122. The Labute approximate surface area is 269 Å². The second-order valence-electron chi connectivity index (χ2n) is 10.2. The van der Waals surface area contributed by atoms with Crippen LogP contribution in [0.25, 0.3) is 0 Å². The molecule has 2 unspecified atom stereocenters. The molecular formula is C30H50O9S2Si2. The van der Waals surface area contributed by atoms with E-state index in [0.717, 1.165) is 61.7 Å². The molecule has 0 saturated carbocycles. The zero-order valence-corrected chi connectivity index (χ0v) is 30.0. The SMILES string of the molecule is CO[Si](CCCCC(CSOSCC(CCCC[Si](OC)(OC)OC)c1ccccc1O)c1ccccc1O)(OC)OC. The van der Waals surface area contributed by atoms with Crippen LogP contribution in [0.5, 0.6) is 11.5 Å². The average molecular weight is 675 g/mol. The Balaban J connectivity index is 1.93. The first-order valence-electron chi connectivity index (χ1n) is 14.6. The number of hydrogen-bond donors (Lipinski definition) is 2. The number of para-hydroxylation sites is 2. The maximum atomic E-state index is 10.6. The Morgan fingerprint density at radius 1 is 0.558 bits per heavy atom. The molecule has 0 saturated heterocycles. The summed E-state index contributed by atoms with van der Waals surface area (Å²) >= 11 is 2.81. The van der Waals surface area contributed by atoms with Gasteiger partial charge in [-0.05, 0) is 60.8 Å². The summed E-state index contributed by atoms with van der Waals surface area (Å²) in [5.74, 6) is 2.25. The van der Waals surface area contributed by atoms with Crippen molar-refractivity contribution < 1.29 is 40.4 Å². The Morgan fingerprint density at radius 3 is 1.23 bits per heavy atom. The Bertz CT molecular complexity index is 933. The molecular weight excluding hydrogens is 625 g/mol. The van der Waals surface area contributed by atoms with Gasteiger partial charge in [-0.15, -0.1) is 0 Å². The fourth-order valence-corrected chi connectivity index (χ4v) is 10.5. The summed E-state index contributed by atoms with van der Waals surface area (Å²) in [7, 11) is 4.60. The normalized spacial score (nSPS) is 13.7. The lowest BCUT2D eigenvalue weighted by Gasteiger charge is -2.25. The molecule has 0 aliphatic heterocycles. The van der Waals surface area contributed by atoms with Crippen LogP contribution in [0.4, 0.5) is 0 Å². The summed E-state index contributed by atoms with van der Waals surface area (Å²) in [5.41, 5.74) is 1.85. The molecule has 0 heterocycles. The molecule has 244 valence electrons. The molecule has 2 atom stereocenters. The van der Waals surface area contributed by atoms with Gasteiger partial charge in [0.1, 0.15) is 11.5 Å². The fraction of sp³-hybridized carbons (Fsp3) is 0.600. The molecule has 0 aliphatic carbocycles. The predicted molar refractivity (Wildman–Crippen MR) is 179 cm³/mol. The average Bonchev–Trinajstić information content (AvgIpc) is 3.04. The van der Waals surface area contributed by atoms with Crippen LogP contribution in [-0.4, -0.2) is 82.0 Å². The number of aromatic hydroxyl groups is 2. The number of phenolic OH excluding ortho intramolecular Hbond substituents is 2. The maximum absolute atomic E-state index is 10.6. The van der Waals surface area contributed by atoms with E-state index in [1.807, 2.05) is 36.4 Å². The highest BCUT2D eigenvalue weighted by molar-refractivity contribution is 8.07. The minimum atomic E-state index is -2.60. The fourth-order valence-electron chi connectivity index (χ4n) is 5.15. The van der Waals surface area contributed by atoms with Gasteiger partial charge in [-0.2, -0.15) is 0 Å². The zero-order valence-electron chi connectivity index (χ0n) is 26.4. The molecule has 2 aromatic carbocycles. The highest BCUT2D eigenvalue weighted by atomic mass is 32.2. The number of hydrogen-bond acceptors (Lipinski definition) is 11.